The summed E-state index contributed by atoms with van der Waals surface area (Å²) >= 11 is 0. The summed E-state index contributed by atoms with van der Waals surface area (Å²) in [5.74, 6) is -1.44. The molecule has 2 unspecified atom stereocenters. The molecular weight excluding hydrogens is 254 g/mol. The fourth-order valence-corrected chi connectivity index (χ4v) is 2.45. The molecular formula is C12H17NO6. The maximum absolute atomic E-state index is 11.7. The summed E-state index contributed by atoms with van der Waals surface area (Å²) in [6.07, 6.45) is -0.299. The molecule has 2 aliphatic rings. The second-order valence-corrected chi connectivity index (χ2v) is 4.68. The lowest BCUT2D eigenvalue weighted by Crippen LogP contribution is -2.63. The molecule has 0 aromatic rings. The Hall–Kier alpha value is -1.28. The van der Waals surface area contributed by atoms with Crippen molar-refractivity contribution in [1.82, 2.24) is 4.90 Å². The van der Waals surface area contributed by atoms with Crippen LogP contribution in [0.25, 0.3) is 0 Å². The third kappa shape index (κ3) is 2.30. The highest BCUT2D eigenvalue weighted by Crippen LogP contribution is 2.30. The van der Waals surface area contributed by atoms with E-state index in [2.05, 4.69) is 0 Å². The van der Waals surface area contributed by atoms with Crippen molar-refractivity contribution in [2.75, 3.05) is 13.7 Å². The number of carbonyl (C=O) groups is 2. The number of imide groups is 1. The summed E-state index contributed by atoms with van der Waals surface area (Å²) in [6, 6.07) is -0.919. The van der Waals surface area contributed by atoms with Gasteiger partial charge in [-0.15, -0.1) is 0 Å². The molecule has 7 heteroatoms. The van der Waals surface area contributed by atoms with Crippen LogP contribution in [0.3, 0.4) is 0 Å². The third-order valence-electron chi connectivity index (χ3n) is 3.62. The lowest BCUT2D eigenvalue weighted by Gasteiger charge is -2.45. The average Bonchev–Trinajstić information content (AvgIpc) is 2.72. The average molecular weight is 271 g/mol. The van der Waals surface area contributed by atoms with E-state index in [1.165, 1.54) is 7.11 Å². The van der Waals surface area contributed by atoms with Gasteiger partial charge in [0, 0.05) is 25.2 Å². The van der Waals surface area contributed by atoms with Crippen LogP contribution in [0, 0.1) is 5.92 Å². The molecule has 2 heterocycles. The third-order valence-corrected chi connectivity index (χ3v) is 3.62. The van der Waals surface area contributed by atoms with Crippen molar-refractivity contribution in [2.24, 2.45) is 5.92 Å². The summed E-state index contributed by atoms with van der Waals surface area (Å²) in [5, 5.41) is 19.5. The van der Waals surface area contributed by atoms with Gasteiger partial charge in [0.15, 0.2) is 6.29 Å². The van der Waals surface area contributed by atoms with Crippen LogP contribution >= 0.6 is 0 Å². The number of rotatable bonds is 3. The van der Waals surface area contributed by atoms with Crippen molar-refractivity contribution in [2.45, 2.75) is 31.5 Å². The van der Waals surface area contributed by atoms with E-state index in [1.54, 1.807) is 6.92 Å². The van der Waals surface area contributed by atoms with Gasteiger partial charge in [-0.25, -0.2) is 0 Å². The summed E-state index contributed by atoms with van der Waals surface area (Å²) in [4.78, 5) is 24.3. The van der Waals surface area contributed by atoms with Crippen molar-refractivity contribution in [3.63, 3.8) is 0 Å². The van der Waals surface area contributed by atoms with Crippen molar-refractivity contribution < 1.29 is 29.3 Å². The molecule has 0 aliphatic carbocycles. The Morgan fingerprint density at radius 1 is 1.37 bits per heavy atom. The van der Waals surface area contributed by atoms with Gasteiger partial charge in [-0.2, -0.15) is 0 Å². The maximum Gasteiger partial charge on any atom is 0.254 e. The smallest absolute Gasteiger partial charge is 0.254 e. The number of hydrogen-bond donors (Lipinski definition) is 2. The van der Waals surface area contributed by atoms with Crippen LogP contribution in [0.15, 0.2) is 12.2 Å². The molecule has 0 radical (unpaired) electrons. The summed E-state index contributed by atoms with van der Waals surface area (Å²) in [7, 11) is 1.35. The van der Waals surface area contributed by atoms with Crippen molar-refractivity contribution >= 4 is 11.8 Å². The topological polar surface area (TPSA) is 96.3 Å². The Balaban J connectivity index is 2.27. The fourth-order valence-electron chi connectivity index (χ4n) is 2.45. The quantitative estimate of drug-likeness (QED) is 0.615. The van der Waals surface area contributed by atoms with Gasteiger partial charge in [0.05, 0.1) is 18.8 Å². The predicted molar refractivity (Wildman–Crippen MR) is 62.7 cm³/mol. The predicted octanol–water partition coefficient (Wildman–Crippen LogP) is -1.36. The number of methoxy groups -OCH3 is 1. The number of amides is 2. The Kier molecular flexibility index (Phi) is 4.00. The van der Waals surface area contributed by atoms with Gasteiger partial charge in [-0.3, -0.25) is 14.5 Å². The summed E-state index contributed by atoms with van der Waals surface area (Å²) in [6.45, 7) is 1.41. The molecule has 2 aliphatic heterocycles. The standard InChI is InChI=1S/C12H17NO6/c1-6-7(5-14)19-12(18-2)10(11(6)17)13-8(15)3-4-9(13)16/h3-4,6-7,10-12,14,17H,5H2,1-2H3/t6-,7?,10?,11-,12+/m0/s1. The highest BCUT2D eigenvalue weighted by Gasteiger charge is 2.49. The van der Waals surface area contributed by atoms with Crippen LogP contribution in [0.2, 0.25) is 0 Å². The lowest BCUT2D eigenvalue weighted by atomic mass is 9.88. The zero-order chi connectivity index (χ0) is 14.2. The molecule has 0 bridgehead atoms. The van der Waals surface area contributed by atoms with Gasteiger partial charge < -0.3 is 19.7 Å². The van der Waals surface area contributed by atoms with Gasteiger partial charge in [0.2, 0.25) is 0 Å². The van der Waals surface area contributed by atoms with Crippen LogP contribution in [0.5, 0.6) is 0 Å². The first-order valence-electron chi connectivity index (χ1n) is 6.03. The van der Waals surface area contributed by atoms with Crippen LogP contribution in [-0.4, -0.2) is 65.2 Å². The fraction of sp³-hybridized carbons (Fsp3) is 0.667. The first-order chi connectivity index (χ1) is 9.01. The molecule has 0 aromatic carbocycles. The van der Waals surface area contributed by atoms with E-state index in [0.29, 0.717) is 0 Å². The molecule has 1 saturated heterocycles. The molecule has 2 N–H and O–H groups in total. The van der Waals surface area contributed by atoms with Crippen LogP contribution in [0.4, 0.5) is 0 Å². The van der Waals surface area contributed by atoms with Crippen LogP contribution in [-0.2, 0) is 19.1 Å². The van der Waals surface area contributed by atoms with E-state index in [-0.39, 0.29) is 6.61 Å². The van der Waals surface area contributed by atoms with Crippen LogP contribution in [0.1, 0.15) is 6.92 Å². The highest BCUT2D eigenvalue weighted by molar-refractivity contribution is 6.13. The van der Waals surface area contributed by atoms with Crippen LogP contribution < -0.4 is 0 Å². The summed E-state index contributed by atoms with van der Waals surface area (Å²) < 4.78 is 10.6. The molecule has 1 fully saturated rings. The van der Waals surface area contributed by atoms with Gasteiger partial charge in [0.25, 0.3) is 11.8 Å². The summed E-state index contributed by atoms with van der Waals surface area (Å²) in [5.41, 5.74) is 0. The molecule has 7 nitrogen and oxygen atoms in total. The Bertz CT molecular complexity index is 389. The van der Waals surface area contributed by atoms with E-state index >= 15 is 0 Å². The number of aliphatic hydroxyl groups is 2. The maximum atomic E-state index is 11.7. The first-order valence-corrected chi connectivity index (χ1v) is 6.03. The number of aliphatic hydroxyl groups excluding tert-OH is 2. The van der Waals surface area contributed by atoms with E-state index < -0.39 is 42.3 Å². The SMILES string of the molecule is CO[C@@H]1OC(CO)[C@H](C)[C@H](O)C1N1C(=O)C=CC1=O. The second-order valence-electron chi connectivity index (χ2n) is 4.68. The highest BCUT2D eigenvalue weighted by atomic mass is 16.7. The second kappa shape index (κ2) is 5.38. The Morgan fingerprint density at radius 2 is 1.95 bits per heavy atom. The zero-order valence-corrected chi connectivity index (χ0v) is 10.7. The minimum absolute atomic E-state index is 0.273. The number of ether oxygens (including phenoxy) is 2. The van der Waals surface area contributed by atoms with E-state index in [9.17, 15) is 19.8 Å². The first kappa shape index (κ1) is 14.1. The monoisotopic (exact) mass is 271 g/mol. The number of hydrogen-bond acceptors (Lipinski definition) is 6. The normalized spacial score (nSPS) is 39.2. The largest absolute Gasteiger partial charge is 0.394 e. The van der Waals surface area contributed by atoms with E-state index in [1.807, 2.05) is 0 Å². The minimum atomic E-state index is -1.02. The lowest BCUT2D eigenvalue weighted by molar-refractivity contribution is -0.260. The van der Waals surface area contributed by atoms with Gasteiger partial charge >= 0.3 is 0 Å². The van der Waals surface area contributed by atoms with E-state index in [0.717, 1.165) is 17.1 Å². The molecule has 2 amide bonds. The number of nitrogens with zero attached hydrogens (tertiary/aromatic N) is 1. The molecule has 0 spiro atoms. The van der Waals surface area contributed by atoms with Gasteiger partial charge in [0.1, 0.15) is 6.04 Å². The molecule has 19 heavy (non-hydrogen) atoms. The molecule has 0 aromatic heterocycles. The van der Waals surface area contributed by atoms with Gasteiger partial charge in [-0.05, 0) is 0 Å². The van der Waals surface area contributed by atoms with Gasteiger partial charge in [-0.1, -0.05) is 6.92 Å². The minimum Gasteiger partial charge on any atom is -0.394 e. The Labute approximate surface area is 110 Å². The van der Waals surface area contributed by atoms with Crippen molar-refractivity contribution in [1.29, 1.82) is 0 Å². The van der Waals surface area contributed by atoms with Crippen molar-refractivity contribution in [3.8, 4) is 0 Å². The molecule has 5 atom stereocenters. The molecule has 0 saturated carbocycles. The van der Waals surface area contributed by atoms with E-state index in [4.69, 9.17) is 9.47 Å². The number of carbonyl (C=O) groups excluding carboxylic acids is 2. The Morgan fingerprint density at radius 3 is 2.42 bits per heavy atom. The van der Waals surface area contributed by atoms with Crippen molar-refractivity contribution in [3.05, 3.63) is 12.2 Å². The molecule has 2 rings (SSSR count). The molecule has 106 valence electrons. The zero-order valence-electron chi connectivity index (χ0n) is 10.7.